The van der Waals surface area contributed by atoms with Crippen molar-refractivity contribution in [1.82, 2.24) is 9.88 Å². The van der Waals surface area contributed by atoms with E-state index < -0.39 is 0 Å². The molecule has 0 radical (unpaired) electrons. The van der Waals surface area contributed by atoms with Gasteiger partial charge in [0.1, 0.15) is 0 Å². The fraction of sp³-hybridized carbons (Fsp3) is 0.227. The van der Waals surface area contributed by atoms with Gasteiger partial charge >= 0.3 is 6.03 Å². The molecular formula is C22H24ClN3O. The highest BCUT2D eigenvalue weighted by molar-refractivity contribution is 6.30. The standard InChI is InChI=1S/C22H24ClN3O/c1-14-7-5-10-21(16(14)3)25-22(27)24-13-18-11-15(2)26(17(18)4)20-9-6-8-19(23)12-20/h5-12H,13H2,1-4H3,(H2,24,25,27). The van der Waals surface area contributed by atoms with Gasteiger partial charge in [-0.05, 0) is 74.7 Å². The number of urea groups is 1. The number of aromatic nitrogens is 1. The first-order valence-electron chi connectivity index (χ1n) is 8.91. The van der Waals surface area contributed by atoms with E-state index in [0.717, 1.165) is 39.5 Å². The number of hydrogen-bond donors (Lipinski definition) is 2. The third-order valence-electron chi connectivity index (χ3n) is 4.89. The van der Waals surface area contributed by atoms with Gasteiger partial charge in [-0.2, -0.15) is 0 Å². The highest BCUT2D eigenvalue weighted by Crippen LogP contribution is 2.23. The number of carbonyl (C=O) groups is 1. The van der Waals surface area contributed by atoms with Crippen LogP contribution in [0.1, 0.15) is 28.1 Å². The first-order valence-corrected chi connectivity index (χ1v) is 9.29. The quantitative estimate of drug-likeness (QED) is 0.599. The number of amides is 2. The van der Waals surface area contributed by atoms with E-state index in [-0.39, 0.29) is 6.03 Å². The molecule has 2 N–H and O–H groups in total. The van der Waals surface area contributed by atoms with Crippen LogP contribution in [0, 0.1) is 27.7 Å². The van der Waals surface area contributed by atoms with Crippen LogP contribution < -0.4 is 10.6 Å². The molecule has 0 atom stereocenters. The Kier molecular flexibility index (Phi) is 5.57. The Morgan fingerprint density at radius 3 is 2.52 bits per heavy atom. The zero-order valence-electron chi connectivity index (χ0n) is 16.1. The normalized spacial score (nSPS) is 10.7. The molecule has 0 fully saturated rings. The highest BCUT2D eigenvalue weighted by Gasteiger charge is 2.12. The van der Waals surface area contributed by atoms with Gasteiger partial charge in [-0.1, -0.05) is 29.8 Å². The largest absolute Gasteiger partial charge is 0.334 e. The first-order chi connectivity index (χ1) is 12.9. The van der Waals surface area contributed by atoms with Gasteiger partial charge in [0.05, 0.1) is 0 Å². The van der Waals surface area contributed by atoms with Crippen molar-refractivity contribution in [3.05, 3.63) is 81.6 Å². The summed E-state index contributed by atoms with van der Waals surface area (Å²) in [6.07, 6.45) is 0. The maximum Gasteiger partial charge on any atom is 0.319 e. The maximum atomic E-state index is 12.3. The molecule has 2 aromatic carbocycles. The van der Waals surface area contributed by atoms with Crippen LogP contribution in [-0.2, 0) is 6.54 Å². The molecule has 0 aliphatic rings. The fourth-order valence-corrected chi connectivity index (χ4v) is 3.43. The summed E-state index contributed by atoms with van der Waals surface area (Å²) in [5.41, 5.74) is 7.33. The predicted octanol–water partition coefficient (Wildman–Crippen LogP) is 5.69. The maximum absolute atomic E-state index is 12.3. The lowest BCUT2D eigenvalue weighted by molar-refractivity contribution is 0.251. The first kappa shape index (κ1) is 19.1. The van der Waals surface area contributed by atoms with E-state index in [9.17, 15) is 4.79 Å². The number of carbonyl (C=O) groups excluding carboxylic acids is 1. The number of halogens is 1. The number of anilines is 1. The Morgan fingerprint density at radius 1 is 1.04 bits per heavy atom. The van der Waals surface area contributed by atoms with Crippen LogP contribution in [0.3, 0.4) is 0 Å². The van der Waals surface area contributed by atoms with Crippen LogP contribution in [0.4, 0.5) is 10.5 Å². The van der Waals surface area contributed by atoms with E-state index in [1.807, 2.05) is 70.2 Å². The van der Waals surface area contributed by atoms with E-state index in [2.05, 4.69) is 21.3 Å². The van der Waals surface area contributed by atoms with E-state index in [1.165, 1.54) is 0 Å². The predicted molar refractivity (Wildman–Crippen MR) is 112 cm³/mol. The van der Waals surface area contributed by atoms with Crippen molar-refractivity contribution < 1.29 is 4.79 Å². The zero-order chi connectivity index (χ0) is 19.6. The Labute approximate surface area is 165 Å². The van der Waals surface area contributed by atoms with Crippen molar-refractivity contribution in [3.8, 4) is 5.69 Å². The van der Waals surface area contributed by atoms with Crippen LogP contribution in [-0.4, -0.2) is 10.6 Å². The molecule has 0 aliphatic heterocycles. The van der Waals surface area contributed by atoms with Gasteiger partial charge in [0, 0.05) is 34.3 Å². The minimum absolute atomic E-state index is 0.212. The third-order valence-corrected chi connectivity index (χ3v) is 5.13. The average Bonchev–Trinajstić information content (AvgIpc) is 2.91. The van der Waals surface area contributed by atoms with Gasteiger partial charge in [-0.3, -0.25) is 0 Å². The molecule has 0 aliphatic carbocycles. The summed E-state index contributed by atoms with van der Waals surface area (Å²) in [6.45, 7) is 8.59. The van der Waals surface area contributed by atoms with E-state index in [1.54, 1.807) is 0 Å². The van der Waals surface area contributed by atoms with Crippen molar-refractivity contribution in [3.63, 3.8) is 0 Å². The molecule has 0 unspecified atom stereocenters. The number of hydrogen-bond acceptors (Lipinski definition) is 1. The Morgan fingerprint density at radius 2 is 1.78 bits per heavy atom. The molecule has 1 aromatic heterocycles. The molecule has 3 aromatic rings. The molecule has 0 spiro atoms. The number of nitrogens with zero attached hydrogens (tertiary/aromatic N) is 1. The van der Waals surface area contributed by atoms with Gasteiger partial charge in [-0.25, -0.2) is 4.79 Å². The number of nitrogens with one attached hydrogen (secondary N) is 2. The van der Waals surface area contributed by atoms with Crippen LogP contribution >= 0.6 is 11.6 Å². The second kappa shape index (κ2) is 7.89. The molecule has 0 saturated heterocycles. The van der Waals surface area contributed by atoms with E-state index >= 15 is 0 Å². The number of benzene rings is 2. The second-order valence-electron chi connectivity index (χ2n) is 6.77. The van der Waals surface area contributed by atoms with Gasteiger partial charge in [0.25, 0.3) is 0 Å². The lowest BCUT2D eigenvalue weighted by Gasteiger charge is -2.12. The SMILES string of the molecule is Cc1cccc(NC(=O)NCc2cc(C)n(-c3cccc(Cl)c3)c2C)c1C. The van der Waals surface area contributed by atoms with Crippen molar-refractivity contribution in [2.24, 2.45) is 0 Å². The van der Waals surface area contributed by atoms with Gasteiger partial charge < -0.3 is 15.2 Å². The topological polar surface area (TPSA) is 46.1 Å². The number of rotatable bonds is 4. The highest BCUT2D eigenvalue weighted by atomic mass is 35.5. The van der Waals surface area contributed by atoms with E-state index in [4.69, 9.17) is 11.6 Å². The molecule has 3 rings (SSSR count). The molecular weight excluding hydrogens is 358 g/mol. The lowest BCUT2D eigenvalue weighted by atomic mass is 10.1. The lowest BCUT2D eigenvalue weighted by Crippen LogP contribution is -2.28. The van der Waals surface area contributed by atoms with Crippen molar-refractivity contribution in [2.75, 3.05) is 5.32 Å². The zero-order valence-corrected chi connectivity index (χ0v) is 16.8. The average molecular weight is 382 g/mol. The van der Waals surface area contributed by atoms with Crippen molar-refractivity contribution in [2.45, 2.75) is 34.2 Å². The van der Waals surface area contributed by atoms with Crippen LogP contribution in [0.15, 0.2) is 48.5 Å². The smallest absolute Gasteiger partial charge is 0.319 e. The number of aryl methyl sites for hydroxylation is 2. The minimum atomic E-state index is -0.212. The summed E-state index contributed by atoms with van der Waals surface area (Å²) in [7, 11) is 0. The van der Waals surface area contributed by atoms with Crippen LogP contribution in [0.25, 0.3) is 5.69 Å². The second-order valence-corrected chi connectivity index (χ2v) is 7.20. The summed E-state index contributed by atoms with van der Waals surface area (Å²) in [5, 5.41) is 6.58. The van der Waals surface area contributed by atoms with Crippen molar-refractivity contribution >= 4 is 23.3 Å². The summed E-state index contributed by atoms with van der Waals surface area (Å²) in [6, 6.07) is 15.5. The molecule has 4 nitrogen and oxygen atoms in total. The summed E-state index contributed by atoms with van der Waals surface area (Å²) >= 11 is 6.13. The Hall–Kier alpha value is -2.72. The van der Waals surface area contributed by atoms with Gasteiger partial charge in [0.15, 0.2) is 0 Å². The van der Waals surface area contributed by atoms with Gasteiger partial charge in [-0.15, -0.1) is 0 Å². The van der Waals surface area contributed by atoms with Crippen molar-refractivity contribution in [1.29, 1.82) is 0 Å². The Bertz CT molecular complexity index is 991. The van der Waals surface area contributed by atoms with Gasteiger partial charge in [0.2, 0.25) is 0 Å². The van der Waals surface area contributed by atoms with Crippen LogP contribution in [0.2, 0.25) is 5.02 Å². The third kappa shape index (κ3) is 4.17. The molecule has 5 heteroatoms. The molecule has 0 bridgehead atoms. The molecule has 2 amide bonds. The van der Waals surface area contributed by atoms with E-state index in [0.29, 0.717) is 11.6 Å². The van der Waals surface area contributed by atoms with Crippen LogP contribution in [0.5, 0.6) is 0 Å². The molecule has 27 heavy (non-hydrogen) atoms. The molecule has 140 valence electrons. The molecule has 0 saturated carbocycles. The minimum Gasteiger partial charge on any atom is -0.334 e. The fourth-order valence-electron chi connectivity index (χ4n) is 3.25. The molecule has 1 heterocycles. The Balaban J connectivity index is 1.72. The monoisotopic (exact) mass is 381 g/mol. The summed E-state index contributed by atoms with van der Waals surface area (Å²) in [4.78, 5) is 12.3. The summed E-state index contributed by atoms with van der Waals surface area (Å²) in [5.74, 6) is 0. The summed E-state index contributed by atoms with van der Waals surface area (Å²) < 4.78 is 2.14.